The lowest BCUT2D eigenvalue weighted by Gasteiger charge is -2.10. The van der Waals surface area contributed by atoms with Crippen molar-refractivity contribution in [2.75, 3.05) is 6.61 Å². The van der Waals surface area contributed by atoms with E-state index in [1.165, 1.54) is 12.1 Å². The monoisotopic (exact) mass is 272 g/mol. The van der Waals surface area contributed by atoms with Crippen LogP contribution in [0.1, 0.15) is 10.4 Å². The van der Waals surface area contributed by atoms with Gasteiger partial charge in [0.2, 0.25) is 0 Å². The molecule has 102 valence electrons. The van der Waals surface area contributed by atoms with Crippen LogP contribution in [0.5, 0.6) is 11.5 Å². The summed E-state index contributed by atoms with van der Waals surface area (Å²) < 4.78 is 10.3. The molecule has 2 aromatic rings. The molecule has 1 N–H and O–H groups in total. The molecule has 0 radical (unpaired) electrons. The summed E-state index contributed by atoms with van der Waals surface area (Å²) in [6.45, 7) is -0.500. The molecule has 0 heterocycles. The minimum atomic E-state index is -1.10. The molecule has 0 amide bonds. The Kier molecular flexibility index (Phi) is 4.34. The minimum Gasteiger partial charge on any atom is -0.479 e. The molecule has 5 nitrogen and oxygen atoms in total. The maximum absolute atomic E-state index is 11.9. The van der Waals surface area contributed by atoms with Crippen LogP contribution in [0, 0.1) is 0 Å². The summed E-state index contributed by atoms with van der Waals surface area (Å²) in [6, 6.07) is 14.9. The third kappa shape index (κ3) is 3.58. The Bertz CT molecular complexity index is 607. The van der Waals surface area contributed by atoms with E-state index in [1.54, 1.807) is 42.5 Å². The van der Waals surface area contributed by atoms with Gasteiger partial charge in [-0.05, 0) is 24.3 Å². The van der Waals surface area contributed by atoms with Crippen LogP contribution in [0.3, 0.4) is 0 Å². The van der Waals surface area contributed by atoms with E-state index < -0.39 is 18.5 Å². The van der Waals surface area contributed by atoms with Gasteiger partial charge < -0.3 is 14.6 Å². The SMILES string of the molecule is O=C(O)COc1ccccc1OC(=O)c1ccccc1. The highest BCUT2D eigenvalue weighted by molar-refractivity contribution is 5.91. The highest BCUT2D eigenvalue weighted by atomic mass is 16.6. The average molecular weight is 272 g/mol. The van der Waals surface area contributed by atoms with Gasteiger partial charge in [0.25, 0.3) is 0 Å². The van der Waals surface area contributed by atoms with Crippen LogP contribution in [0.4, 0.5) is 0 Å². The highest BCUT2D eigenvalue weighted by Crippen LogP contribution is 2.27. The average Bonchev–Trinajstić information content (AvgIpc) is 2.47. The molecule has 20 heavy (non-hydrogen) atoms. The van der Waals surface area contributed by atoms with Crippen molar-refractivity contribution in [1.82, 2.24) is 0 Å². The molecule has 0 fully saturated rings. The summed E-state index contributed by atoms with van der Waals surface area (Å²) >= 11 is 0. The molecule has 0 atom stereocenters. The number of benzene rings is 2. The molecule has 0 saturated heterocycles. The second-order valence-electron chi connectivity index (χ2n) is 3.88. The lowest BCUT2D eigenvalue weighted by molar-refractivity contribution is -0.139. The minimum absolute atomic E-state index is 0.183. The lowest BCUT2D eigenvalue weighted by atomic mass is 10.2. The first-order chi connectivity index (χ1) is 9.66. The maximum atomic E-state index is 11.9. The topological polar surface area (TPSA) is 72.8 Å². The number of aliphatic carboxylic acids is 1. The van der Waals surface area contributed by atoms with Gasteiger partial charge in [-0.1, -0.05) is 30.3 Å². The van der Waals surface area contributed by atoms with E-state index >= 15 is 0 Å². The van der Waals surface area contributed by atoms with Crippen molar-refractivity contribution >= 4 is 11.9 Å². The fourth-order valence-corrected chi connectivity index (χ4v) is 1.53. The fraction of sp³-hybridized carbons (Fsp3) is 0.0667. The summed E-state index contributed by atoms with van der Waals surface area (Å²) in [6.07, 6.45) is 0. The van der Waals surface area contributed by atoms with Crippen molar-refractivity contribution in [2.45, 2.75) is 0 Å². The van der Waals surface area contributed by atoms with E-state index in [4.69, 9.17) is 14.6 Å². The molecule has 0 spiro atoms. The van der Waals surface area contributed by atoms with E-state index in [1.807, 2.05) is 0 Å². The van der Waals surface area contributed by atoms with E-state index in [0.717, 1.165) is 0 Å². The van der Waals surface area contributed by atoms with Crippen LogP contribution >= 0.6 is 0 Å². The Hall–Kier alpha value is -2.82. The molecule has 0 unspecified atom stereocenters. The Balaban J connectivity index is 2.13. The standard InChI is InChI=1S/C15H12O5/c16-14(17)10-19-12-8-4-5-9-13(12)20-15(18)11-6-2-1-3-7-11/h1-9H,10H2,(H,16,17). The smallest absolute Gasteiger partial charge is 0.343 e. The molecular formula is C15H12O5. The molecule has 0 bridgehead atoms. The molecule has 0 aliphatic rings. The van der Waals surface area contributed by atoms with Crippen molar-refractivity contribution in [1.29, 1.82) is 0 Å². The first kappa shape index (κ1) is 13.6. The van der Waals surface area contributed by atoms with Gasteiger partial charge in [0.15, 0.2) is 18.1 Å². The number of carbonyl (C=O) groups is 2. The van der Waals surface area contributed by atoms with Gasteiger partial charge in [-0.2, -0.15) is 0 Å². The van der Waals surface area contributed by atoms with Gasteiger partial charge in [0.05, 0.1) is 5.56 Å². The zero-order valence-electron chi connectivity index (χ0n) is 10.5. The van der Waals surface area contributed by atoms with Crippen molar-refractivity contribution in [3.8, 4) is 11.5 Å². The summed E-state index contributed by atoms with van der Waals surface area (Å²) in [5, 5.41) is 8.59. The van der Waals surface area contributed by atoms with E-state index in [0.29, 0.717) is 5.56 Å². The van der Waals surface area contributed by atoms with Gasteiger partial charge in [0.1, 0.15) is 0 Å². The zero-order valence-corrected chi connectivity index (χ0v) is 10.5. The number of rotatable bonds is 5. The Morgan fingerprint density at radius 2 is 1.50 bits per heavy atom. The number of para-hydroxylation sites is 2. The first-order valence-corrected chi connectivity index (χ1v) is 5.87. The van der Waals surface area contributed by atoms with E-state index in [-0.39, 0.29) is 11.5 Å². The van der Waals surface area contributed by atoms with Gasteiger partial charge in [0, 0.05) is 0 Å². The number of ether oxygens (including phenoxy) is 2. The molecule has 5 heteroatoms. The van der Waals surface area contributed by atoms with Crippen LogP contribution < -0.4 is 9.47 Å². The Morgan fingerprint density at radius 3 is 2.15 bits per heavy atom. The third-order valence-electron chi connectivity index (χ3n) is 2.41. The lowest BCUT2D eigenvalue weighted by Crippen LogP contribution is -2.12. The fourth-order valence-electron chi connectivity index (χ4n) is 1.53. The number of carboxylic acid groups (broad SMARTS) is 1. The summed E-state index contributed by atoms with van der Waals surface area (Å²) in [5.74, 6) is -1.24. The van der Waals surface area contributed by atoms with Gasteiger partial charge in [-0.15, -0.1) is 0 Å². The molecule has 2 aromatic carbocycles. The van der Waals surface area contributed by atoms with E-state index in [2.05, 4.69) is 0 Å². The molecular weight excluding hydrogens is 260 g/mol. The highest BCUT2D eigenvalue weighted by Gasteiger charge is 2.12. The molecule has 2 rings (SSSR count). The largest absolute Gasteiger partial charge is 0.479 e. The summed E-state index contributed by atoms with van der Waals surface area (Å²) in [4.78, 5) is 22.4. The second-order valence-corrected chi connectivity index (χ2v) is 3.88. The molecule has 0 aliphatic carbocycles. The molecule has 0 aliphatic heterocycles. The number of carbonyl (C=O) groups excluding carboxylic acids is 1. The van der Waals surface area contributed by atoms with Crippen molar-refractivity contribution < 1.29 is 24.2 Å². The number of hydrogen-bond donors (Lipinski definition) is 1. The van der Waals surface area contributed by atoms with Crippen LogP contribution in [-0.2, 0) is 4.79 Å². The van der Waals surface area contributed by atoms with Crippen molar-refractivity contribution in [3.63, 3.8) is 0 Å². The predicted octanol–water partition coefficient (Wildman–Crippen LogP) is 2.37. The zero-order chi connectivity index (χ0) is 14.4. The first-order valence-electron chi connectivity index (χ1n) is 5.87. The molecule has 0 saturated carbocycles. The number of hydrogen-bond acceptors (Lipinski definition) is 4. The summed E-state index contributed by atoms with van der Waals surface area (Å²) in [5.41, 5.74) is 0.403. The van der Waals surface area contributed by atoms with Crippen LogP contribution in [0.25, 0.3) is 0 Å². The maximum Gasteiger partial charge on any atom is 0.343 e. The number of esters is 1. The summed E-state index contributed by atoms with van der Waals surface area (Å²) in [7, 11) is 0. The Morgan fingerprint density at radius 1 is 0.900 bits per heavy atom. The van der Waals surface area contributed by atoms with Crippen molar-refractivity contribution in [3.05, 3.63) is 60.2 Å². The van der Waals surface area contributed by atoms with Crippen molar-refractivity contribution in [2.24, 2.45) is 0 Å². The van der Waals surface area contributed by atoms with Gasteiger partial charge >= 0.3 is 11.9 Å². The van der Waals surface area contributed by atoms with E-state index in [9.17, 15) is 9.59 Å². The molecule has 0 aromatic heterocycles. The van der Waals surface area contributed by atoms with Gasteiger partial charge in [-0.25, -0.2) is 9.59 Å². The quantitative estimate of drug-likeness (QED) is 0.668. The normalized spacial score (nSPS) is 9.80. The number of carboxylic acids is 1. The van der Waals surface area contributed by atoms with Gasteiger partial charge in [-0.3, -0.25) is 0 Å². The van der Waals surface area contributed by atoms with Crippen LogP contribution in [0.2, 0.25) is 0 Å². The Labute approximate surface area is 115 Å². The predicted molar refractivity (Wildman–Crippen MR) is 71.0 cm³/mol. The third-order valence-corrected chi connectivity index (χ3v) is 2.41. The second kappa shape index (κ2) is 6.38. The van der Waals surface area contributed by atoms with Crippen LogP contribution in [0.15, 0.2) is 54.6 Å². The van der Waals surface area contributed by atoms with Crippen LogP contribution in [-0.4, -0.2) is 23.7 Å².